The van der Waals surface area contributed by atoms with E-state index in [9.17, 15) is 0 Å². The highest BCUT2D eigenvalue weighted by atomic mass is 35.5. The Kier molecular flexibility index (Phi) is 15.9. The molecule has 0 spiro atoms. The van der Waals surface area contributed by atoms with Crippen molar-refractivity contribution in [2.45, 2.75) is 0 Å². The highest BCUT2D eigenvalue weighted by Crippen LogP contribution is 1.99. The molecule has 0 aromatic heterocycles. The molecule has 5 heteroatoms. The third-order valence-electron chi connectivity index (χ3n) is 2.14. The highest BCUT2D eigenvalue weighted by Gasteiger charge is 1.85. The van der Waals surface area contributed by atoms with E-state index in [2.05, 4.69) is 34.9 Å². The van der Waals surface area contributed by atoms with Crippen LogP contribution in [0.4, 0.5) is 0 Å². The number of nitrogens with one attached hydrogen (secondary N) is 2. The van der Waals surface area contributed by atoms with Gasteiger partial charge in [-0.3, -0.25) is 0 Å². The van der Waals surface area contributed by atoms with Crippen LogP contribution < -0.4 is 10.6 Å². The van der Waals surface area contributed by atoms with Crippen LogP contribution in [0.25, 0.3) is 6.08 Å². The van der Waals surface area contributed by atoms with E-state index in [-0.39, 0.29) is 31.4 Å². The minimum atomic E-state index is 0. The Labute approximate surface area is 121 Å². The molecule has 0 saturated carbocycles. The minimum Gasteiger partial charge on any atom is -0.395 e. The Hall–Kier alpha value is -0.580. The Morgan fingerprint density at radius 3 is 2.28 bits per heavy atom. The zero-order valence-electron chi connectivity index (χ0n) is 10.3. The minimum absolute atomic E-state index is 0. The molecule has 0 aliphatic heterocycles. The Bertz CT molecular complexity index is 294. The molecular weight excluding hydrogens is 271 g/mol. The molecule has 0 saturated heterocycles. The second-order valence-electron chi connectivity index (χ2n) is 3.49. The van der Waals surface area contributed by atoms with Gasteiger partial charge >= 0.3 is 0 Å². The summed E-state index contributed by atoms with van der Waals surface area (Å²) in [6, 6.07) is 10.2. The van der Waals surface area contributed by atoms with Crippen LogP contribution in [0.2, 0.25) is 0 Å². The molecule has 0 amide bonds. The van der Waals surface area contributed by atoms with E-state index in [1.165, 1.54) is 5.56 Å². The van der Waals surface area contributed by atoms with Crippen molar-refractivity contribution in [3.05, 3.63) is 42.0 Å². The van der Waals surface area contributed by atoms with Gasteiger partial charge in [-0.15, -0.1) is 24.8 Å². The van der Waals surface area contributed by atoms with Gasteiger partial charge in [0.25, 0.3) is 0 Å². The summed E-state index contributed by atoms with van der Waals surface area (Å²) in [5.41, 5.74) is 1.22. The van der Waals surface area contributed by atoms with E-state index >= 15 is 0 Å². The molecule has 1 aromatic rings. The summed E-state index contributed by atoms with van der Waals surface area (Å²) in [4.78, 5) is 0. The first kappa shape index (κ1) is 19.8. The van der Waals surface area contributed by atoms with Crippen molar-refractivity contribution in [1.29, 1.82) is 0 Å². The number of hydrogen-bond donors (Lipinski definition) is 3. The quantitative estimate of drug-likeness (QED) is 0.639. The van der Waals surface area contributed by atoms with Crippen molar-refractivity contribution >= 4 is 30.9 Å². The molecule has 0 fully saturated rings. The molecular formula is C13H22Cl2N2O. The Balaban J connectivity index is 0. The van der Waals surface area contributed by atoms with E-state index in [1.54, 1.807) is 0 Å². The van der Waals surface area contributed by atoms with Crippen LogP contribution in [0, 0.1) is 0 Å². The van der Waals surface area contributed by atoms with Crippen LogP contribution in [0.3, 0.4) is 0 Å². The molecule has 3 nitrogen and oxygen atoms in total. The van der Waals surface area contributed by atoms with Crippen LogP contribution in [0.15, 0.2) is 36.4 Å². The zero-order chi connectivity index (χ0) is 11.5. The van der Waals surface area contributed by atoms with Gasteiger partial charge in [-0.1, -0.05) is 42.5 Å². The van der Waals surface area contributed by atoms with Crippen molar-refractivity contribution in [1.82, 2.24) is 10.6 Å². The predicted molar refractivity (Wildman–Crippen MR) is 82.8 cm³/mol. The third kappa shape index (κ3) is 10.6. The van der Waals surface area contributed by atoms with Crippen molar-refractivity contribution in [2.24, 2.45) is 0 Å². The maximum absolute atomic E-state index is 8.54. The second-order valence-corrected chi connectivity index (χ2v) is 3.49. The monoisotopic (exact) mass is 292 g/mol. The average Bonchev–Trinajstić information content (AvgIpc) is 2.34. The summed E-state index contributed by atoms with van der Waals surface area (Å²) in [5.74, 6) is 0. The molecule has 0 radical (unpaired) electrons. The van der Waals surface area contributed by atoms with Crippen LogP contribution in [-0.4, -0.2) is 37.9 Å². The van der Waals surface area contributed by atoms with E-state index < -0.39 is 0 Å². The van der Waals surface area contributed by atoms with Gasteiger partial charge in [0.1, 0.15) is 0 Å². The highest BCUT2D eigenvalue weighted by molar-refractivity contribution is 5.85. The second kappa shape index (κ2) is 14.5. The summed E-state index contributed by atoms with van der Waals surface area (Å²) in [6.45, 7) is 3.55. The van der Waals surface area contributed by atoms with Crippen molar-refractivity contribution < 1.29 is 5.11 Å². The molecule has 0 atom stereocenters. The van der Waals surface area contributed by atoms with Gasteiger partial charge in [0, 0.05) is 26.2 Å². The van der Waals surface area contributed by atoms with Gasteiger partial charge in [-0.2, -0.15) is 0 Å². The maximum atomic E-state index is 8.54. The largest absolute Gasteiger partial charge is 0.395 e. The van der Waals surface area contributed by atoms with Crippen LogP contribution in [0.1, 0.15) is 5.56 Å². The van der Waals surface area contributed by atoms with Gasteiger partial charge < -0.3 is 15.7 Å². The van der Waals surface area contributed by atoms with E-state index in [0.717, 1.165) is 19.6 Å². The van der Waals surface area contributed by atoms with Gasteiger partial charge in [0.05, 0.1) is 6.61 Å². The number of halogens is 2. The number of benzene rings is 1. The molecule has 18 heavy (non-hydrogen) atoms. The van der Waals surface area contributed by atoms with E-state index in [1.807, 2.05) is 18.2 Å². The first-order valence-electron chi connectivity index (χ1n) is 5.67. The SMILES string of the molecule is Cl.Cl.OCCNCCNC/C=C/c1ccccc1. The first-order chi connectivity index (χ1) is 7.93. The smallest absolute Gasteiger partial charge is 0.0555 e. The van der Waals surface area contributed by atoms with Gasteiger partial charge in [-0.05, 0) is 5.56 Å². The number of rotatable bonds is 8. The maximum Gasteiger partial charge on any atom is 0.0555 e. The number of hydrogen-bond acceptors (Lipinski definition) is 3. The lowest BCUT2D eigenvalue weighted by molar-refractivity contribution is 0.292. The van der Waals surface area contributed by atoms with Crippen molar-refractivity contribution in [3.63, 3.8) is 0 Å². The molecule has 104 valence electrons. The van der Waals surface area contributed by atoms with Crippen LogP contribution in [-0.2, 0) is 0 Å². The van der Waals surface area contributed by atoms with Gasteiger partial charge in [0.15, 0.2) is 0 Å². The fourth-order valence-corrected chi connectivity index (χ4v) is 1.33. The van der Waals surface area contributed by atoms with E-state index in [0.29, 0.717) is 6.54 Å². The lowest BCUT2D eigenvalue weighted by Crippen LogP contribution is -2.29. The molecule has 0 aliphatic carbocycles. The Morgan fingerprint density at radius 2 is 1.61 bits per heavy atom. The summed E-state index contributed by atoms with van der Waals surface area (Å²) in [7, 11) is 0. The van der Waals surface area contributed by atoms with E-state index in [4.69, 9.17) is 5.11 Å². The topological polar surface area (TPSA) is 44.3 Å². The molecule has 0 unspecified atom stereocenters. The summed E-state index contributed by atoms with van der Waals surface area (Å²) >= 11 is 0. The lowest BCUT2D eigenvalue weighted by atomic mass is 10.2. The summed E-state index contributed by atoms with van der Waals surface area (Å²) < 4.78 is 0. The standard InChI is InChI=1S/C13H20N2O.2ClH/c16-12-11-15-10-9-14-8-4-7-13-5-2-1-3-6-13;;/h1-7,14-16H,8-12H2;2*1H/b7-4+;;. The zero-order valence-corrected chi connectivity index (χ0v) is 12.0. The average molecular weight is 293 g/mol. The molecule has 0 bridgehead atoms. The molecule has 0 heterocycles. The van der Waals surface area contributed by atoms with Crippen molar-refractivity contribution in [2.75, 3.05) is 32.8 Å². The molecule has 0 aliphatic rings. The van der Waals surface area contributed by atoms with Crippen LogP contribution >= 0.6 is 24.8 Å². The van der Waals surface area contributed by atoms with Crippen LogP contribution in [0.5, 0.6) is 0 Å². The Morgan fingerprint density at radius 1 is 0.944 bits per heavy atom. The lowest BCUT2D eigenvalue weighted by Gasteiger charge is -2.02. The fourth-order valence-electron chi connectivity index (χ4n) is 1.33. The fraction of sp³-hybridized carbons (Fsp3) is 0.385. The number of aliphatic hydroxyl groups is 1. The summed E-state index contributed by atoms with van der Waals surface area (Å²) in [6.07, 6.45) is 4.22. The molecule has 1 rings (SSSR count). The third-order valence-corrected chi connectivity index (χ3v) is 2.14. The number of aliphatic hydroxyl groups excluding tert-OH is 1. The normalized spacial score (nSPS) is 9.83. The summed E-state index contributed by atoms with van der Waals surface area (Å²) in [5, 5.41) is 14.9. The molecule has 3 N–H and O–H groups in total. The van der Waals surface area contributed by atoms with Crippen molar-refractivity contribution in [3.8, 4) is 0 Å². The van der Waals surface area contributed by atoms with Gasteiger partial charge in [0.2, 0.25) is 0 Å². The predicted octanol–water partition coefficient (Wildman–Crippen LogP) is 1.71. The first-order valence-corrected chi connectivity index (χ1v) is 5.67. The molecule has 1 aromatic carbocycles. The van der Waals surface area contributed by atoms with Gasteiger partial charge in [-0.25, -0.2) is 0 Å².